The van der Waals surface area contributed by atoms with E-state index in [9.17, 15) is 9.59 Å². The van der Waals surface area contributed by atoms with Gasteiger partial charge in [-0.05, 0) is 72.8 Å². The SMILES string of the molecule is CCCOc1ccc(C(=O)Oc2ccc(/C=N/NC(=O)C(C)Oc3cccc4ccccc34)cc2OC)cc1. The van der Waals surface area contributed by atoms with Crippen molar-refractivity contribution < 1.29 is 28.5 Å². The molecule has 0 radical (unpaired) electrons. The lowest BCUT2D eigenvalue weighted by molar-refractivity contribution is -0.127. The van der Waals surface area contributed by atoms with Crippen LogP contribution in [0.4, 0.5) is 0 Å². The summed E-state index contributed by atoms with van der Waals surface area (Å²) in [5.41, 5.74) is 3.51. The number of carbonyl (C=O) groups is 2. The molecule has 0 saturated carbocycles. The van der Waals surface area contributed by atoms with Crippen LogP contribution in [0.5, 0.6) is 23.0 Å². The average molecular weight is 527 g/mol. The van der Waals surface area contributed by atoms with Crippen LogP contribution in [0.3, 0.4) is 0 Å². The number of esters is 1. The van der Waals surface area contributed by atoms with E-state index in [4.69, 9.17) is 18.9 Å². The van der Waals surface area contributed by atoms with Gasteiger partial charge in [-0.2, -0.15) is 5.10 Å². The van der Waals surface area contributed by atoms with E-state index in [1.54, 1.807) is 49.4 Å². The molecule has 200 valence electrons. The molecule has 0 spiro atoms. The van der Waals surface area contributed by atoms with Gasteiger partial charge in [0.25, 0.3) is 5.91 Å². The van der Waals surface area contributed by atoms with E-state index in [1.165, 1.54) is 13.3 Å². The largest absolute Gasteiger partial charge is 0.494 e. The molecule has 1 N–H and O–H groups in total. The van der Waals surface area contributed by atoms with E-state index >= 15 is 0 Å². The van der Waals surface area contributed by atoms with E-state index in [-0.39, 0.29) is 5.75 Å². The van der Waals surface area contributed by atoms with Gasteiger partial charge in [-0.25, -0.2) is 10.2 Å². The molecule has 39 heavy (non-hydrogen) atoms. The summed E-state index contributed by atoms with van der Waals surface area (Å²) in [6.07, 6.45) is 1.60. The Balaban J connectivity index is 1.34. The van der Waals surface area contributed by atoms with E-state index in [0.717, 1.165) is 17.2 Å². The molecule has 0 aromatic heterocycles. The number of fused-ring (bicyclic) bond motifs is 1. The Morgan fingerprint density at radius 2 is 1.69 bits per heavy atom. The molecule has 4 aromatic rings. The lowest BCUT2D eigenvalue weighted by Crippen LogP contribution is -2.33. The first kappa shape index (κ1) is 27.2. The summed E-state index contributed by atoms with van der Waals surface area (Å²) in [6, 6.07) is 25.2. The smallest absolute Gasteiger partial charge is 0.343 e. The van der Waals surface area contributed by atoms with Gasteiger partial charge in [0.05, 0.1) is 25.5 Å². The van der Waals surface area contributed by atoms with Crippen LogP contribution >= 0.6 is 0 Å². The van der Waals surface area contributed by atoms with Crippen molar-refractivity contribution in [1.29, 1.82) is 0 Å². The maximum Gasteiger partial charge on any atom is 0.343 e. The number of hydrazone groups is 1. The number of nitrogens with one attached hydrogen (secondary N) is 1. The van der Waals surface area contributed by atoms with E-state index in [1.807, 2.05) is 49.4 Å². The summed E-state index contributed by atoms with van der Waals surface area (Å²) in [7, 11) is 1.47. The number of ether oxygens (including phenoxy) is 4. The molecule has 1 amide bonds. The van der Waals surface area contributed by atoms with Crippen molar-refractivity contribution in [2.45, 2.75) is 26.4 Å². The quantitative estimate of drug-likeness (QED) is 0.115. The predicted octanol–water partition coefficient (Wildman–Crippen LogP) is 5.77. The number of methoxy groups -OCH3 is 1. The number of nitrogens with zero attached hydrogens (tertiary/aromatic N) is 1. The first-order valence-corrected chi connectivity index (χ1v) is 12.6. The number of hydrogen-bond acceptors (Lipinski definition) is 7. The summed E-state index contributed by atoms with van der Waals surface area (Å²) in [5.74, 6) is 0.986. The summed E-state index contributed by atoms with van der Waals surface area (Å²) in [6.45, 7) is 4.29. The zero-order valence-electron chi connectivity index (χ0n) is 22.0. The lowest BCUT2D eigenvalue weighted by atomic mass is 10.1. The first-order valence-electron chi connectivity index (χ1n) is 12.6. The second-order valence-corrected chi connectivity index (χ2v) is 8.64. The lowest BCUT2D eigenvalue weighted by Gasteiger charge is -2.14. The van der Waals surface area contributed by atoms with Gasteiger partial charge in [-0.1, -0.05) is 43.3 Å². The molecular formula is C31H30N2O6. The molecule has 0 heterocycles. The van der Waals surface area contributed by atoms with Crippen LogP contribution in [0.15, 0.2) is 90.0 Å². The maximum absolute atomic E-state index is 12.6. The molecule has 0 aliphatic rings. The molecule has 1 atom stereocenters. The molecule has 8 nitrogen and oxygen atoms in total. The van der Waals surface area contributed by atoms with E-state index in [2.05, 4.69) is 10.5 Å². The molecule has 4 aromatic carbocycles. The van der Waals surface area contributed by atoms with Crippen LogP contribution in [0.25, 0.3) is 10.8 Å². The second kappa shape index (κ2) is 13.1. The molecule has 8 heteroatoms. The summed E-state index contributed by atoms with van der Waals surface area (Å²) in [5, 5.41) is 5.98. The van der Waals surface area contributed by atoms with Crippen molar-refractivity contribution in [3.63, 3.8) is 0 Å². The van der Waals surface area contributed by atoms with Crippen molar-refractivity contribution in [3.8, 4) is 23.0 Å². The minimum Gasteiger partial charge on any atom is -0.494 e. The highest BCUT2D eigenvalue weighted by Gasteiger charge is 2.16. The van der Waals surface area contributed by atoms with Gasteiger partial charge >= 0.3 is 5.97 Å². The minimum absolute atomic E-state index is 0.257. The molecule has 0 aliphatic heterocycles. The molecule has 0 aliphatic carbocycles. The minimum atomic E-state index is -0.767. The topological polar surface area (TPSA) is 95.5 Å². The van der Waals surface area contributed by atoms with Crippen LogP contribution in [0.1, 0.15) is 36.2 Å². The van der Waals surface area contributed by atoms with Gasteiger partial charge in [0.1, 0.15) is 11.5 Å². The predicted molar refractivity (Wildman–Crippen MR) is 150 cm³/mol. The Labute approximate surface area is 227 Å². The molecular weight excluding hydrogens is 496 g/mol. The van der Waals surface area contributed by atoms with Crippen molar-refractivity contribution in [2.24, 2.45) is 5.10 Å². The maximum atomic E-state index is 12.6. The average Bonchev–Trinajstić information content (AvgIpc) is 2.97. The highest BCUT2D eigenvalue weighted by molar-refractivity contribution is 5.92. The van der Waals surface area contributed by atoms with Crippen LogP contribution in [0, 0.1) is 0 Å². The van der Waals surface area contributed by atoms with Gasteiger partial charge in [-0.15, -0.1) is 0 Å². The fourth-order valence-corrected chi connectivity index (χ4v) is 3.72. The van der Waals surface area contributed by atoms with Crippen LogP contribution in [-0.2, 0) is 4.79 Å². The van der Waals surface area contributed by atoms with Crippen molar-refractivity contribution in [3.05, 3.63) is 96.1 Å². The standard InChI is InChI=1S/C31H30N2O6/c1-4-18-37-25-15-13-24(14-16-25)31(35)39-28-17-12-22(19-29(28)36-3)20-32-33-30(34)21(2)38-27-11-7-9-23-8-5-6-10-26(23)27/h5-17,19-21H,4,18H2,1-3H3,(H,33,34)/b32-20+. The zero-order chi connectivity index (χ0) is 27.6. The van der Waals surface area contributed by atoms with Crippen molar-refractivity contribution in [2.75, 3.05) is 13.7 Å². The number of hydrogen-bond donors (Lipinski definition) is 1. The van der Waals surface area contributed by atoms with Crippen molar-refractivity contribution >= 4 is 28.9 Å². The molecule has 1 unspecified atom stereocenters. The Morgan fingerprint density at radius 1 is 0.923 bits per heavy atom. The van der Waals surface area contributed by atoms with Gasteiger partial charge in [-0.3, -0.25) is 4.79 Å². The van der Waals surface area contributed by atoms with Gasteiger partial charge in [0.2, 0.25) is 0 Å². The fraction of sp³-hybridized carbons (Fsp3) is 0.194. The summed E-state index contributed by atoms with van der Waals surface area (Å²) >= 11 is 0. The highest BCUT2D eigenvalue weighted by atomic mass is 16.6. The Morgan fingerprint density at radius 3 is 2.46 bits per heavy atom. The zero-order valence-corrected chi connectivity index (χ0v) is 22.0. The number of rotatable bonds is 11. The monoisotopic (exact) mass is 526 g/mol. The Bertz CT molecular complexity index is 1460. The van der Waals surface area contributed by atoms with Crippen LogP contribution < -0.4 is 24.4 Å². The Hall–Kier alpha value is -4.85. The third-order valence-electron chi connectivity index (χ3n) is 5.76. The molecule has 0 fully saturated rings. The number of benzene rings is 4. The number of carbonyl (C=O) groups excluding carboxylic acids is 2. The normalized spacial score (nSPS) is 11.7. The fourth-order valence-electron chi connectivity index (χ4n) is 3.72. The second-order valence-electron chi connectivity index (χ2n) is 8.64. The number of amides is 1. The summed E-state index contributed by atoms with van der Waals surface area (Å²) < 4.78 is 22.3. The first-order chi connectivity index (χ1) is 19.0. The van der Waals surface area contributed by atoms with E-state index < -0.39 is 18.0 Å². The van der Waals surface area contributed by atoms with E-state index in [0.29, 0.717) is 35.0 Å². The van der Waals surface area contributed by atoms with Gasteiger partial charge < -0.3 is 18.9 Å². The highest BCUT2D eigenvalue weighted by Crippen LogP contribution is 2.29. The Kier molecular flexibility index (Phi) is 9.13. The van der Waals surface area contributed by atoms with Gasteiger partial charge in [0.15, 0.2) is 17.6 Å². The van der Waals surface area contributed by atoms with Crippen molar-refractivity contribution in [1.82, 2.24) is 5.43 Å². The molecule has 4 rings (SSSR count). The third-order valence-corrected chi connectivity index (χ3v) is 5.76. The van der Waals surface area contributed by atoms with Gasteiger partial charge in [0, 0.05) is 5.39 Å². The third kappa shape index (κ3) is 7.13. The van der Waals surface area contributed by atoms with Crippen LogP contribution in [-0.4, -0.2) is 37.9 Å². The van der Waals surface area contributed by atoms with Crippen LogP contribution in [0.2, 0.25) is 0 Å². The molecule has 0 saturated heterocycles. The summed E-state index contributed by atoms with van der Waals surface area (Å²) in [4.78, 5) is 25.1. The molecule has 0 bridgehead atoms.